The van der Waals surface area contributed by atoms with Gasteiger partial charge in [-0.1, -0.05) is 24.6 Å². The van der Waals surface area contributed by atoms with Crippen molar-refractivity contribution < 1.29 is 17.9 Å². The molecule has 2 aromatic carbocycles. The molecule has 3 aliphatic heterocycles. The summed E-state index contributed by atoms with van der Waals surface area (Å²) >= 11 is 0. The second kappa shape index (κ2) is 9.96. The van der Waals surface area contributed by atoms with Gasteiger partial charge in [-0.25, -0.2) is 8.42 Å². The van der Waals surface area contributed by atoms with Gasteiger partial charge in [-0.3, -0.25) is 4.79 Å². The number of ether oxygens (including phenoxy) is 1. The number of nitrogens with zero attached hydrogens (tertiary/aromatic N) is 2. The van der Waals surface area contributed by atoms with Crippen LogP contribution in [0.2, 0.25) is 0 Å². The zero-order chi connectivity index (χ0) is 23.5. The fourth-order valence-electron chi connectivity index (χ4n) is 5.17. The van der Waals surface area contributed by atoms with E-state index in [1.807, 2.05) is 30.3 Å². The third-order valence-electron chi connectivity index (χ3n) is 7.13. The van der Waals surface area contributed by atoms with Crippen molar-refractivity contribution in [2.75, 3.05) is 43.0 Å². The fourth-order valence-corrected chi connectivity index (χ4v) is 6.72. The molecule has 3 aliphatic rings. The molecule has 0 bridgehead atoms. The Morgan fingerprint density at radius 1 is 0.912 bits per heavy atom. The van der Waals surface area contributed by atoms with Crippen molar-refractivity contribution in [1.29, 1.82) is 0 Å². The van der Waals surface area contributed by atoms with Gasteiger partial charge in [0.15, 0.2) is 0 Å². The summed E-state index contributed by atoms with van der Waals surface area (Å²) in [5.41, 5.74) is 2.48. The molecule has 8 heteroatoms. The number of nitrogens with one attached hydrogen (secondary N) is 1. The largest absolute Gasteiger partial charge is 0.492 e. The molecule has 0 radical (unpaired) electrons. The van der Waals surface area contributed by atoms with Gasteiger partial charge in [-0.05, 0) is 68.4 Å². The number of para-hydroxylation sites is 1. The number of anilines is 2. The predicted octanol–water partition coefficient (Wildman–Crippen LogP) is 4.04. The number of fused-ring (bicyclic) bond motifs is 1. The second-order valence-electron chi connectivity index (χ2n) is 9.50. The highest BCUT2D eigenvalue weighted by atomic mass is 32.2. The number of sulfonamides is 1. The summed E-state index contributed by atoms with van der Waals surface area (Å²) in [6.45, 7) is 3.23. The minimum absolute atomic E-state index is 0.139. The average Bonchev–Trinajstić information content (AvgIpc) is 2.89. The first-order valence-corrected chi connectivity index (χ1v) is 13.9. The van der Waals surface area contributed by atoms with Crippen LogP contribution >= 0.6 is 0 Å². The van der Waals surface area contributed by atoms with Crippen molar-refractivity contribution >= 4 is 27.3 Å². The van der Waals surface area contributed by atoms with Gasteiger partial charge >= 0.3 is 0 Å². The number of piperidine rings is 2. The monoisotopic (exact) mass is 483 g/mol. The Labute approximate surface area is 202 Å². The maximum atomic E-state index is 13.3. The molecule has 1 N–H and O–H groups in total. The van der Waals surface area contributed by atoms with E-state index in [-0.39, 0.29) is 16.7 Å². The van der Waals surface area contributed by atoms with Gasteiger partial charge in [-0.15, -0.1) is 0 Å². The molecule has 0 spiro atoms. The molecule has 2 fully saturated rings. The van der Waals surface area contributed by atoms with E-state index in [2.05, 4.69) is 10.2 Å². The van der Waals surface area contributed by atoms with E-state index in [1.54, 1.807) is 16.4 Å². The van der Waals surface area contributed by atoms with Crippen LogP contribution in [0.1, 0.15) is 44.1 Å². The quantitative estimate of drug-likeness (QED) is 0.694. The van der Waals surface area contributed by atoms with Crippen molar-refractivity contribution in [2.45, 2.75) is 49.8 Å². The zero-order valence-electron chi connectivity index (χ0n) is 19.5. The summed E-state index contributed by atoms with van der Waals surface area (Å²) in [5.74, 6) is 0.363. The number of rotatable bonds is 5. The average molecular weight is 484 g/mol. The molecule has 34 heavy (non-hydrogen) atoms. The summed E-state index contributed by atoms with van der Waals surface area (Å²) in [5, 5.41) is 3.08. The number of carbonyl (C=O) groups excluding carboxylic acids is 1. The van der Waals surface area contributed by atoms with E-state index >= 15 is 0 Å². The fraction of sp³-hybridized carbons (Fsp3) is 0.500. The molecule has 0 aromatic heterocycles. The minimum atomic E-state index is -3.59. The first kappa shape index (κ1) is 23.2. The molecule has 2 aromatic rings. The topological polar surface area (TPSA) is 79.0 Å². The first-order valence-electron chi connectivity index (χ1n) is 12.4. The third kappa shape index (κ3) is 4.79. The number of hydrogen-bond acceptors (Lipinski definition) is 5. The van der Waals surface area contributed by atoms with Crippen LogP contribution in [-0.4, -0.2) is 51.4 Å². The standard InChI is InChI=1S/C26H33N3O4S/c30-26(21-17-20-9-3-4-10-25(20)33-19-21)27-23-18-22(34(31,32)29-15-7-2-8-16-29)11-12-24(23)28-13-5-1-6-14-28/h3-4,9-12,18,21H,1-2,5-8,13-17,19H2,(H,27,30). The molecule has 2 saturated heterocycles. The summed E-state index contributed by atoms with van der Waals surface area (Å²) in [4.78, 5) is 15.8. The van der Waals surface area contributed by atoms with Crippen LogP contribution in [0.25, 0.3) is 0 Å². The minimum Gasteiger partial charge on any atom is -0.492 e. The SMILES string of the molecule is O=C(Nc1cc(S(=O)(=O)N2CCCCC2)ccc1N1CCCCC1)C1COc2ccccc2C1. The highest BCUT2D eigenvalue weighted by Gasteiger charge is 2.30. The van der Waals surface area contributed by atoms with Crippen molar-refractivity contribution in [1.82, 2.24) is 4.31 Å². The van der Waals surface area contributed by atoms with Crippen LogP contribution in [0.15, 0.2) is 47.4 Å². The lowest BCUT2D eigenvalue weighted by Gasteiger charge is -2.32. The van der Waals surface area contributed by atoms with Gasteiger partial charge in [0.25, 0.3) is 0 Å². The number of carbonyl (C=O) groups is 1. The zero-order valence-corrected chi connectivity index (χ0v) is 20.4. The van der Waals surface area contributed by atoms with Crippen LogP contribution in [0.4, 0.5) is 11.4 Å². The Morgan fingerprint density at radius 2 is 1.62 bits per heavy atom. The van der Waals surface area contributed by atoms with E-state index in [0.29, 0.717) is 31.8 Å². The second-order valence-corrected chi connectivity index (χ2v) is 11.4. The Hall–Kier alpha value is -2.58. The normalized spacial score (nSPS) is 21.4. The molecule has 5 rings (SSSR count). The summed E-state index contributed by atoms with van der Waals surface area (Å²) in [7, 11) is -3.59. The van der Waals surface area contributed by atoms with E-state index in [0.717, 1.165) is 62.2 Å². The maximum absolute atomic E-state index is 13.3. The highest BCUT2D eigenvalue weighted by molar-refractivity contribution is 7.89. The van der Waals surface area contributed by atoms with E-state index in [4.69, 9.17) is 4.74 Å². The van der Waals surface area contributed by atoms with E-state index in [1.165, 1.54) is 6.42 Å². The Kier molecular flexibility index (Phi) is 6.79. The number of hydrogen-bond donors (Lipinski definition) is 1. The Morgan fingerprint density at radius 3 is 2.38 bits per heavy atom. The molecule has 7 nitrogen and oxygen atoms in total. The van der Waals surface area contributed by atoms with Gasteiger partial charge in [0.1, 0.15) is 12.4 Å². The van der Waals surface area contributed by atoms with Gasteiger partial charge in [0.05, 0.1) is 22.2 Å². The Bertz CT molecular complexity index is 1140. The number of amides is 1. The summed E-state index contributed by atoms with van der Waals surface area (Å²) in [6.07, 6.45) is 6.82. The molecular formula is C26H33N3O4S. The summed E-state index contributed by atoms with van der Waals surface area (Å²) < 4.78 is 34.1. The van der Waals surface area contributed by atoms with Crippen molar-refractivity contribution in [3.63, 3.8) is 0 Å². The van der Waals surface area contributed by atoms with Gasteiger partial charge in [-0.2, -0.15) is 4.31 Å². The molecular weight excluding hydrogens is 450 g/mol. The lowest BCUT2D eigenvalue weighted by atomic mass is 9.96. The number of benzene rings is 2. The Balaban J connectivity index is 1.42. The molecule has 1 amide bonds. The van der Waals surface area contributed by atoms with Crippen LogP contribution < -0.4 is 15.0 Å². The van der Waals surface area contributed by atoms with Gasteiger partial charge < -0.3 is 15.0 Å². The smallest absolute Gasteiger partial charge is 0.243 e. The third-order valence-corrected chi connectivity index (χ3v) is 9.02. The lowest BCUT2D eigenvalue weighted by Crippen LogP contribution is -2.36. The van der Waals surface area contributed by atoms with Crippen LogP contribution in [0.5, 0.6) is 5.75 Å². The molecule has 1 atom stereocenters. The molecule has 3 heterocycles. The predicted molar refractivity (Wildman–Crippen MR) is 133 cm³/mol. The van der Waals surface area contributed by atoms with Crippen LogP contribution in [-0.2, 0) is 21.2 Å². The molecule has 0 saturated carbocycles. The van der Waals surface area contributed by atoms with E-state index < -0.39 is 10.0 Å². The highest BCUT2D eigenvalue weighted by Crippen LogP contribution is 2.34. The van der Waals surface area contributed by atoms with Crippen LogP contribution in [0, 0.1) is 5.92 Å². The van der Waals surface area contributed by atoms with Crippen molar-refractivity contribution in [3.8, 4) is 5.75 Å². The first-order chi connectivity index (χ1) is 16.5. The van der Waals surface area contributed by atoms with Crippen LogP contribution in [0.3, 0.4) is 0 Å². The van der Waals surface area contributed by atoms with E-state index in [9.17, 15) is 13.2 Å². The van der Waals surface area contributed by atoms with Crippen molar-refractivity contribution in [3.05, 3.63) is 48.0 Å². The molecule has 0 aliphatic carbocycles. The van der Waals surface area contributed by atoms with Crippen molar-refractivity contribution in [2.24, 2.45) is 5.92 Å². The molecule has 182 valence electrons. The van der Waals surface area contributed by atoms with Gasteiger partial charge in [0.2, 0.25) is 15.9 Å². The maximum Gasteiger partial charge on any atom is 0.243 e. The summed E-state index contributed by atoms with van der Waals surface area (Å²) in [6, 6.07) is 13.0. The van der Waals surface area contributed by atoms with Gasteiger partial charge in [0, 0.05) is 26.2 Å². The molecule has 1 unspecified atom stereocenters. The lowest BCUT2D eigenvalue weighted by molar-refractivity contribution is -0.121.